The quantitative estimate of drug-likeness (QED) is 0.425. The molecule has 0 atom stereocenters. The van der Waals surface area contributed by atoms with Gasteiger partial charge < -0.3 is 15.7 Å². The lowest BCUT2D eigenvalue weighted by Crippen LogP contribution is -2.34. The molecule has 7 nitrogen and oxygen atoms in total. The summed E-state index contributed by atoms with van der Waals surface area (Å²) in [5.41, 5.74) is -0.208. The first-order valence-corrected chi connectivity index (χ1v) is 4.95. The van der Waals surface area contributed by atoms with Crippen LogP contribution in [0.4, 0.5) is 16.2 Å². The second-order valence-electron chi connectivity index (χ2n) is 3.71. The molecule has 0 fully saturated rings. The van der Waals surface area contributed by atoms with Gasteiger partial charge in [0.25, 0.3) is 5.69 Å². The number of nitrogens with zero attached hydrogens (tertiary/aromatic N) is 1. The van der Waals surface area contributed by atoms with Gasteiger partial charge in [0.2, 0.25) is 0 Å². The average molecular weight is 239 g/mol. The summed E-state index contributed by atoms with van der Waals surface area (Å²) in [6.45, 7) is 3.54. The normalized spacial score (nSPS) is 10.1. The molecule has 0 unspecified atom stereocenters. The molecule has 7 heteroatoms. The highest BCUT2D eigenvalue weighted by Gasteiger charge is 2.12. The Balaban J connectivity index is 2.86. The molecule has 0 aliphatic heterocycles. The Hall–Kier alpha value is -2.31. The van der Waals surface area contributed by atoms with Gasteiger partial charge in [-0.1, -0.05) is 0 Å². The fraction of sp³-hybridized carbons (Fsp3) is 0.300. The van der Waals surface area contributed by atoms with Crippen LogP contribution in [0.3, 0.4) is 0 Å². The number of nitro benzene ring substituents is 1. The molecule has 0 aliphatic rings. The second-order valence-corrected chi connectivity index (χ2v) is 3.71. The number of carbonyl (C=O) groups is 1. The molecule has 0 saturated heterocycles. The molecular formula is C10H13N3O4. The number of hydrogen-bond donors (Lipinski definition) is 3. The van der Waals surface area contributed by atoms with Gasteiger partial charge in [-0.15, -0.1) is 0 Å². The van der Waals surface area contributed by atoms with Crippen LogP contribution in [0.1, 0.15) is 13.8 Å². The number of rotatable bonds is 3. The number of hydrogen-bond acceptors (Lipinski definition) is 4. The summed E-state index contributed by atoms with van der Waals surface area (Å²) in [6.07, 6.45) is 0. The minimum atomic E-state index is -0.606. The van der Waals surface area contributed by atoms with Gasteiger partial charge in [0.05, 0.1) is 10.6 Å². The van der Waals surface area contributed by atoms with Crippen LogP contribution in [0.25, 0.3) is 0 Å². The molecule has 0 aliphatic carbocycles. The Morgan fingerprint density at radius 1 is 1.47 bits per heavy atom. The molecule has 17 heavy (non-hydrogen) atoms. The number of amides is 2. The number of carbonyl (C=O) groups excluding carboxylic acids is 1. The second kappa shape index (κ2) is 5.15. The molecule has 0 saturated carbocycles. The first kappa shape index (κ1) is 12.8. The Morgan fingerprint density at radius 3 is 2.65 bits per heavy atom. The highest BCUT2D eigenvalue weighted by molar-refractivity contribution is 5.91. The van der Waals surface area contributed by atoms with E-state index in [2.05, 4.69) is 10.6 Å². The summed E-state index contributed by atoms with van der Waals surface area (Å²) >= 11 is 0. The lowest BCUT2D eigenvalue weighted by atomic mass is 10.2. The van der Waals surface area contributed by atoms with Crippen molar-refractivity contribution in [2.45, 2.75) is 19.9 Å². The van der Waals surface area contributed by atoms with Crippen LogP contribution in [0, 0.1) is 10.1 Å². The smallest absolute Gasteiger partial charge is 0.319 e. The number of benzene rings is 1. The molecule has 1 aromatic rings. The zero-order chi connectivity index (χ0) is 13.0. The molecule has 1 rings (SSSR count). The third-order valence-electron chi connectivity index (χ3n) is 1.86. The predicted molar refractivity (Wildman–Crippen MR) is 62.1 cm³/mol. The molecule has 1 aromatic carbocycles. The first-order valence-electron chi connectivity index (χ1n) is 4.95. The molecule has 3 N–H and O–H groups in total. The molecular weight excluding hydrogens is 226 g/mol. The van der Waals surface area contributed by atoms with E-state index in [4.69, 9.17) is 0 Å². The maximum absolute atomic E-state index is 11.4. The number of urea groups is 1. The molecule has 92 valence electrons. The van der Waals surface area contributed by atoms with E-state index < -0.39 is 11.0 Å². The van der Waals surface area contributed by atoms with Crippen molar-refractivity contribution in [3.63, 3.8) is 0 Å². The lowest BCUT2D eigenvalue weighted by molar-refractivity contribution is -0.384. The number of phenolic OH excluding ortho intramolecular Hbond substituents is 1. The van der Waals surface area contributed by atoms with Crippen LogP contribution in [0.5, 0.6) is 5.75 Å². The number of aromatic hydroxyl groups is 1. The average Bonchev–Trinajstić information content (AvgIpc) is 2.19. The third-order valence-corrected chi connectivity index (χ3v) is 1.86. The highest BCUT2D eigenvalue weighted by atomic mass is 16.6. The van der Waals surface area contributed by atoms with E-state index in [0.717, 1.165) is 18.2 Å². The lowest BCUT2D eigenvalue weighted by Gasteiger charge is -2.10. The maximum atomic E-state index is 11.4. The van der Waals surface area contributed by atoms with Crippen molar-refractivity contribution in [3.8, 4) is 5.75 Å². The van der Waals surface area contributed by atoms with Gasteiger partial charge in [-0.05, 0) is 19.9 Å². The largest absolute Gasteiger partial charge is 0.506 e. The van der Waals surface area contributed by atoms with E-state index in [0.29, 0.717) is 0 Å². The van der Waals surface area contributed by atoms with Gasteiger partial charge in [0.1, 0.15) is 5.75 Å². The van der Waals surface area contributed by atoms with Crippen molar-refractivity contribution >= 4 is 17.4 Å². The molecule has 0 aromatic heterocycles. The summed E-state index contributed by atoms with van der Waals surface area (Å²) in [7, 11) is 0. The summed E-state index contributed by atoms with van der Waals surface area (Å²) in [5.74, 6) is -0.227. The van der Waals surface area contributed by atoms with E-state index in [1.807, 2.05) is 0 Å². The summed E-state index contributed by atoms with van der Waals surface area (Å²) in [4.78, 5) is 21.3. The number of phenols is 1. The third kappa shape index (κ3) is 3.63. The summed E-state index contributed by atoms with van der Waals surface area (Å²) in [5, 5.41) is 24.8. The van der Waals surface area contributed by atoms with E-state index >= 15 is 0 Å². The highest BCUT2D eigenvalue weighted by Crippen LogP contribution is 2.27. The minimum absolute atomic E-state index is 0.00245. The zero-order valence-electron chi connectivity index (χ0n) is 9.43. The Labute approximate surface area is 97.6 Å². The van der Waals surface area contributed by atoms with Crippen LogP contribution < -0.4 is 10.6 Å². The van der Waals surface area contributed by atoms with Crippen LogP contribution in [-0.4, -0.2) is 22.1 Å². The zero-order valence-corrected chi connectivity index (χ0v) is 9.43. The standard InChI is InChI=1S/C10H13N3O4/c1-6(2)11-10(15)12-8-5-7(13(16)17)3-4-9(8)14/h3-6,14H,1-2H3,(H2,11,12,15). The van der Waals surface area contributed by atoms with E-state index in [9.17, 15) is 20.0 Å². The van der Waals surface area contributed by atoms with Crippen molar-refractivity contribution in [1.82, 2.24) is 5.32 Å². The Morgan fingerprint density at radius 2 is 2.12 bits per heavy atom. The number of nitro groups is 1. The maximum Gasteiger partial charge on any atom is 0.319 e. The van der Waals surface area contributed by atoms with Gasteiger partial charge >= 0.3 is 6.03 Å². The van der Waals surface area contributed by atoms with Gasteiger partial charge in [-0.25, -0.2) is 4.79 Å². The molecule has 2 amide bonds. The van der Waals surface area contributed by atoms with Crippen molar-refractivity contribution in [3.05, 3.63) is 28.3 Å². The number of non-ortho nitro benzene ring substituents is 1. The van der Waals surface area contributed by atoms with Gasteiger partial charge in [-0.2, -0.15) is 0 Å². The van der Waals surface area contributed by atoms with Crippen molar-refractivity contribution in [2.24, 2.45) is 0 Å². The van der Waals surface area contributed by atoms with Crippen molar-refractivity contribution in [1.29, 1.82) is 0 Å². The van der Waals surface area contributed by atoms with Gasteiger partial charge in [0, 0.05) is 18.2 Å². The van der Waals surface area contributed by atoms with Crippen LogP contribution >= 0.6 is 0 Å². The summed E-state index contributed by atoms with van der Waals surface area (Å²) < 4.78 is 0. The molecule has 0 spiro atoms. The predicted octanol–water partition coefficient (Wildman–Crippen LogP) is 1.83. The summed E-state index contributed by atoms with van der Waals surface area (Å²) in [6, 6.07) is 2.80. The fourth-order valence-electron chi connectivity index (χ4n) is 1.16. The molecule has 0 radical (unpaired) electrons. The Bertz CT molecular complexity index is 445. The first-order chi connectivity index (χ1) is 7.90. The van der Waals surface area contributed by atoms with Crippen LogP contribution in [0.2, 0.25) is 0 Å². The van der Waals surface area contributed by atoms with Gasteiger partial charge in [0.15, 0.2) is 0 Å². The molecule has 0 bridgehead atoms. The SMILES string of the molecule is CC(C)NC(=O)Nc1cc([N+](=O)[O-])ccc1O. The molecule has 0 heterocycles. The minimum Gasteiger partial charge on any atom is -0.506 e. The van der Waals surface area contributed by atoms with Crippen molar-refractivity contribution in [2.75, 3.05) is 5.32 Å². The van der Waals surface area contributed by atoms with E-state index in [1.165, 1.54) is 0 Å². The Kier molecular flexibility index (Phi) is 3.86. The monoisotopic (exact) mass is 239 g/mol. The topological polar surface area (TPSA) is 104 Å². The fourth-order valence-corrected chi connectivity index (χ4v) is 1.16. The number of nitrogens with one attached hydrogen (secondary N) is 2. The van der Waals surface area contributed by atoms with E-state index in [-0.39, 0.29) is 23.2 Å². The van der Waals surface area contributed by atoms with E-state index in [1.54, 1.807) is 13.8 Å². The number of anilines is 1. The van der Waals surface area contributed by atoms with Crippen LogP contribution in [-0.2, 0) is 0 Å². The van der Waals surface area contributed by atoms with Crippen LogP contribution in [0.15, 0.2) is 18.2 Å². The van der Waals surface area contributed by atoms with Gasteiger partial charge in [-0.3, -0.25) is 10.1 Å². The van der Waals surface area contributed by atoms with Crippen molar-refractivity contribution < 1.29 is 14.8 Å².